The maximum absolute atomic E-state index is 12.2. The lowest BCUT2D eigenvalue weighted by molar-refractivity contribution is -0.121. The molecule has 0 radical (unpaired) electrons. The summed E-state index contributed by atoms with van der Waals surface area (Å²) in [7, 11) is 0. The largest absolute Gasteiger partial charge is 0.399 e. The lowest BCUT2D eigenvalue weighted by Crippen LogP contribution is -2.48. The van der Waals surface area contributed by atoms with Crippen LogP contribution in [0.1, 0.15) is 24.8 Å². The van der Waals surface area contributed by atoms with E-state index in [0.29, 0.717) is 12.8 Å². The van der Waals surface area contributed by atoms with Gasteiger partial charge < -0.3 is 16.0 Å². The molecule has 1 aromatic carbocycles. The molecule has 0 spiro atoms. The van der Waals surface area contributed by atoms with Crippen LogP contribution >= 0.6 is 0 Å². The average Bonchev–Trinajstić information content (AvgIpc) is 2.62. The topological polar surface area (TPSA) is 84.1 Å². The number of nitrogens with two attached hydrogens (primary N) is 1. The van der Waals surface area contributed by atoms with Gasteiger partial charge in [0, 0.05) is 43.6 Å². The number of hydrogen-bond acceptors (Lipinski definition) is 5. The normalized spacial score (nSPS) is 17.5. The van der Waals surface area contributed by atoms with Gasteiger partial charge in [0.1, 0.15) is 0 Å². The third-order valence-corrected chi connectivity index (χ3v) is 4.30. The molecule has 2 aromatic rings. The number of aromatic nitrogens is 2. The highest BCUT2D eigenvalue weighted by Crippen LogP contribution is 2.16. The second-order valence-corrected chi connectivity index (χ2v) is 6.10. The van der Waals surface area contributed by atoms with Crippen LogP contribution in [0.25, 0.3) is 0 Å². The fraction of sp³-hybridized carbons (Fsp3) is 0.389. The van der Waals surface area contributed by atoms with Gasteiger partial charge in [0.15, 0.2) is 0 Å². The number of hydrogen-bond donors (Lipinski definition) is 2. The van der Waals surface area contributed by atoms with Crippen molar-refractivity contribution in [3.05, 3.63) is 48.3 Å². The van der Waals surface area contributed by atoms with Gasteiger partial charge in [-0.15, -0.1) is 0 Å². The lowest BCUT2D eigenvalue weighted by Gasteiger charge is -2.33. The van der Waals surface area contributed by atoms with E-state index in [1.807, 2.05) is 30.3 Å². The van der Waals surface area contributed by atoms with Gasteiger partial charge in [-0.2, -0.15) is 0 Å². The van der Waals surface area contributed by atoms with Crippen molar-refractivity contribution in [1.29, 1.82) is 0 Å². The van der Waals surface area contributed by atoms with E-state index in [-0.39, 0.29) is 11.9 Å². The van der Waals surface area contributed by atoms with Gasteiger partial charge in [-0.25, -0.2) is 9.97 Å². The molecule has 24 heavy (non-hydrogen) atoms. The number of rotatable bonds is 5. The SMILES string of the molecule is Nc1ccccc1CCC(=O)N[C@@H]1CCCN(c2ncccn2)C1. The predicted octanol–water partition coefficient (Wildman–Crippen LogP) is 1.78. The Kier molecular flexibility index (Phi) is 5.25. The van der Waals surface area contributed by atoms with Crippen LogP contribution in [0.5, 0.6) is 0 Å². The lowest BCUT2D eigenvalue weighted by atomic mass is 10.0. The van der Waals surface area contributed by atoms with Crippen LogP contribution in [0.15, 0.2) is 42.7 Å². The van der Waals surface area contributed by atoms with Gasteiger partial charge in [-0.1, -0.05) is 18.2 Å². The van der Waals surface area contributed by atoms with Crippen molar-refractivity contribution in [2.24, 2.45) is 0 Å². The van der Waals surface area contributed by atoms with Crippen molar-refractivity contribution in [3.8, 4) is 0 Å². The number of nitrogens with one attached hydrogen (secondary N) is 1. The van der Waals surface area contributed by atoms with Crippen LogP contribution in [0.2, 0.25) is 0 Å². The molecule has 1 saturated heterocycles. The molecule has 0 saturated carbocycles. The highest BCUT2D eigenvalue weighted by atomic mass is 16.1. The standard InChI is InChI=1S/C18H23N5O/c19-16-7-2-1-5-14(16)8-9-17(24)22-15-6-3-12-23(13-15)18-20-10-4-11-21-18/h1-2,4-5,7,10-11,15H,3,6,8-9,12-13,19H2,(H,22,24)/t15-/m1/s1. The van der Waals surface area contributed by atoms with Crippen LogP contribution in [0.3, 0.4) is 0 Å². The molecule has 0 bridgehead atoms. The zero-order valence-corrected chi connectivity index (χ0v) is 13.7. The Labute approximate surface area is 142 Å². The summed E-state index contributed by atoms with van der Waals surface area (Å²) in [4.78, 5) is 22.9. The number of piperidine rings is 1. The quantitative estimate of drug-likeness (QED) is 0.819. The molecular formula is C18H23N5O. The first kappa shape index (κ1) is 16.2. The Morgan fingerprint density at radius 3 is 2.83 bits per heavy atom. The Morgan fingerprint density at radius 1 is 1.25 bits per heavy atom. The molecule has 1 aliphatic rings. The Morgan fingerprint density at radius 2 is 2.04 bits per heavy atom. The summed E-state index contributed by atoms with van der Waals surface area (Å²) in [5.74, 6) is 0.799. The van der Waals surface area contributed by atoms with Gasteiger partial charge in [-0.3, -0.25) is 4.79 Å². The van der Waals surface area contributed by atoms with Crippen LogP contribution in [0, 0.1) is 0 Å². The zero-order chi connectivity index (χ0) is 16.8. The van der Waals surface area contributed by atoms with Crippen LogP contribution < -0.4 is 16.0 Å². The van der Waals surface area contributed by atoms with E-state index < -0.39 is 0 Å². The first-order valence-corrected chi connectivity index (χ1v) is 8.37. The summed E-state index contributed by atoms with van der Waals surface area (Å²) < 4.78 is 0. The molecule has 6 heteroatoms. The Hall–Kier alpha value is -2.63. The summed E-state index contributed by atoms with van der Waals surface area (Å²) in [6.07, 6.45) is 6.62. The summed E-state index contributed by atoms with van der Waals surface area (Å²) in [5.41, 5.74) is 7.69. The smallest absolute Gasteiger partial charge is 0.225 e. The molecule has 3 rings (SSSR count). The van der Waals surface area contributed by atoms with Gasteiger partial charge in [-0.05, 0) is 37.0 Å². The third kappa shape index (κ3) is 4.22. The van der Waals surface area contributed by atoms with Gasteiger partial charge in [0.2, 0.25) is 11.9 Å². The Bertz CT molecular complexity index is 676. The second-order valence-electron chi connectivity index (χ2n) is 6.10. The third-order valence-electron chi connectivity index (χ3n) is 4.30. The van der Waals surface area contributed by atoms with Crippen molar-refractivity contribution in [3.63, 3.8) is 0 Å². The fourth-order valence-electron chi connectivity index (χ4n) is 3.04. The number of nitrogen functional groups attached to an aromatic ring is 1. The van der Waals surface area contributed by atoms with E-state index in [4.69, 9.17) is 5.73 Å². The average molecular weight is 325 g/mol. The first-order valence-electron chi connectivity index (χ1n) is 8.37. The van der Waals surface area contributed by atoms with E-state index in [0.717, 1.165) is 43.1 Å². The van der Waals surface area contributed by atoms with E-state index >= 15 is 0 Å². The monoisotopic (exact) mass is 325 g/mol. The van der Waals surface area contributed by atoms with Gasteiger partial charge in [0.25, 0.3) is 0 Å². The van der Waals surface area contributed by atoms with Crippen LogP contribution in [0.4, 0.5) is 11.6 Å². The molecule has 3 N–H and O–H groups in total. The molecule has 2 heterocycles. The number of anilines is 2. The van der Waals surface area contributed by atoms with Crippen molar-refractivity contribution in [2.75, 3.05) is 23.7 Å². The number of nitrogens with zero attached hydrogens (tertiary/aromatic N) is 3. The highest BCUT2D eigenvalue weighted by molar-refractivity contribution is 5.76. The molecule has 1 aromatic heterocycles. The van der Waals surface area contributed by atoms with Crippen LogP contribution in [-0.2, 0) is 11.2 Å². The summed E-state index contributed by atoms with van der Waals surface area (Å²) in [6, 6.07) is 9.64. The van der Waals surface area contributed by atoms with E-state index in [1.165, 1.54) is 0 Å². The number of aryl methyl sites for hydroxylation is 1. The van der Waals surface area contributed by atoms with Crippen molar-refractivity contribution >= 4 is 17.5 Å². The molecule has 6 nitrogen and oxygen atoms in total. The number of benzene rings is 1. The van der Waals surface area contributed by atoms with Crippen LogP contribution in [-0.4, -0.2) is 35.0 Å². The molecule has 0 unspecified atom stereocenters. The summed E-state index contributed by atoms with van der Waals surface area (Å²) in [5, 5.41) is 3.13. The van der Waals surface area contributed by atoms with Gasteiger partial charge >= 0.3 is 0 Å². The molecule has 1 amide bonds. The van der Waals surface area contributed by atoms with Gasteiger partial charge in [0.05, 0.1) is 0 Å². The number of para-hydroxylation sites is 1. The zero-order valence-electron chi connectivity index (χ0n) is 13.7. The predicted molar refractivity (Wildman–Crippen MR) is 94.6 cm³/mol. The van der Waals surface area contributed by atoms with E-state index in [9.17, 15) is 4.79 Å². The molecular weight excluding hydrogens is 302 g/mol. The molecule has 126 valence electrons. The van der Waals surface area contributed by atoms with Crippen molar-refractivity contribution in [2.45, 2.75) is 31.7 Å². The minimum Gasteiger partial charge on any atom is -0.399 e. The molecule has 1 atom stereocenters. The molecule has 0 aliphatic carbocycles. The number of carbonyl (C=O) groups is 1. The van der Waals surface area contributed by atoms with E-state index in [2.05, 4.69) is 20.2 Å². The summed E-state index contributed by atoms with van der Waals surface area (Å²) in [6.45, 7) is 1.68. The second kappa shape index (κ2) is 7.77. The fourth-order valence-corrected chi connectivity index (χ4v) is 3.04. The highest BCUT2D eigenvalue weighted by Gasteiger charge is 2.22. The van der Waals surface area contributed by atoms with Crippen molar-refractivity contribution in [1.82, 2.24) is 15.3 Å². The molecule has 1 aliphatic heterocycles. The maximum atomic E-state index is 12.2. The number of amides is 1. The van der Waals surface area contributed by atoms with Crippen molar-refractivity contribution < 1.29 is 4.79 Å². The minimum absolute atomic E-state index is 0.0686. The summed E-state index contributed by atoms with van der Waals surface area (Å²) >= 11 is 0. The maximum Gasteiger partial charge on any atom is 0.225 e. The number of carbonyl (C=O) groups excluding carboxylic acids is 1. The van der Waals surface area contributed by atoms with E-state index in [1.54, 1.807) is 12.4 Å². The molecule has 1 fully saturated rings. The first-order chi connectivity index (χ1) is 11.7. The Balaban J connectivity index is 1.50. The minimum atomic E-state index is 0.0686.